The van der Waals surface area contributed by atoms with Crippen molar-refractivity contribution < 1.29 is 9.21 Å². The summed E-state index contributed by atoms with van der Waals surface area (Å²) >= 11 is 0. The van der Waals surface area contributed by atoms with Crippen molar-refractivity contribution in [1.82, 2.24) is 4.98 Å². The first-order valence-corrected chi connectivity index (χ1v) is 4.29. The molecule has 14 heavy (non-hydrogen) atoms. The van der Waals surface area contributed by atoms with Crippen molar-refractivity contribution in [3.63, 3.8) is 0 Å². The highest BCUT2D eigenvalue weighted by molar-refractivity contribution is 5.79. The molecule has 0 bridgehead atoms. The van der Waals surface area contributed by atoms with Crippen LogP contribution >= 0.6 is 0 Å². The average Bonchev–Trinajstić information content (AvgIpc) is 2.42. The maximum Gasteiger partial charge on any atom is 0.221 e. The third-order valence-electron chi connectivity index (χ3n) is 1.94. The Bertz CT molecular complexity index is 488. The smallest absolute Gasteiger partial charge is 0.221 e. The second kappa shape index (κ2) is 3.14. The summed E-state index contributed by atoms with van der Waals surface area (Å²) in [5.74, 6) is 0.275. The number of primary amides is 1. The highest BCUT2D eigenvalue weighted by Crippen LogP contribution is 2.16. The zero-order valence-electron chi connectivity index (χ0n) is 7.78. The van der Waals surface area contributed by atoms with Gasteiger partial charge in [-0.3, -0.25) is 4.79 Å². The fourth-order valence-corrected chi connectivity index (χ4v) is 1.40. The van der Waals surface area contributed by atoms with E-state index >= 15 is 0 Å². The van der Waals surface area contributed by atoms with E-state index in [0.717, 1.165) is 11.1 Å². The first-order chi connectivity index (χ1) is 6.65. The number of aryl methyl sites for hydroxylation is 1. The number of hydrogen-bond acceptors (Lipinski definition) is 3. The minimum Gasteiger partial charge on any atom is -0.441 e. The van der Waals surface area contributed by atoms with Gasteiger partial charge >= 0.3 is 0 Å². The maximum absolute atomic E-state index is 10.7. The Kier molecular flexibility index (Phi) is 1.96. The molecule has 1 aromatic heterocycles. The van der Waals surface area contributed by atoms with Crippen LogP contribution in [0.15, 0.2) is 22.6 Å². The quantitative estimate of drug-likeness (QED) is 0.772. The van der Waals surface area contributed by atoms with E-state index < -0.39 is 0 Å². The fourth-order valence-electron chi connectivity index (χ4n) is 1.40. The van der Waals surface area contributed by atoms with Crippen molar-refractivity contribution in [3.05, 3.63) is 29.7 Å². The van der Waals surface area contributed by atoms with Crippen molar-refractivity contribution in [2.75, 3.05) is 0 Å². The SMILES string of the molecule is Cc1nc2ccc(CC(N)=O)cc2o1. The van der Waals surface area contributed by atoms with Gasteiger partial charge in [-0.1, -0.05) is 6.07 Å². The lowest BCUT2D eigenvalue weighted by Crippen LogP contribution is -2.13. The number of rotatable bonds is 2. The van der Waals surface area contributed by atoms with Gasteiger partial charge in [0.25, 0.3) is 0 Å². The van der Waals surface area contributed by atoms with E-state index in [2.05, 4.69) is 4.98 Å². The van der Waals surface area contributed by atoms with E-state index in [1.54, 1.807) is 13.0 Å². The Morgan fingerprint density at radius 2 is 2.36 bits per heavy atom. The molecule has 0 aliphatic carbocycles. The number of hydrogen-bond donors (Lipinski definition) is 1. The monoisotopic (exact) mass is 190 g/mol. The van der Waals surface area contributed by atoms with Crippen LogP contribution in [0.5, 0.6) is 0 Å². The molecule has 1 amide bonds. The molecule has 0 saturated heterocycles. The molecule has 0 fully saturated rings. The zero-order valence-corrected chi connectivity index (χ0v) is 7.78. The number of nitrogens with zero attached hydrogens (tertiary/aromatic N) is 1. The Morgan fingerprint density at radius 1 is 1.57 bits per heavy atom. The van der Waals surface area contributed by atoms with Gasteiger partial charge < -0.3 is 10.2 Å². The molecule has 0 atom stereocenters. The first kappa shape index (κ1) is 8.74. The molecule has 4 nitrogen and oxygen atoms in total. The van der Waals surface area contributed by atoms with Gasteiger partial charge in [0.2, 0.25) is 5.91 Å². The van der Waals surface area contributed by atoms with Crippen LogP contribution in [0.4, 0.5) is 0 Å². The molecule has 1 heterocycles. The predicted molar refractivity (Wildman–Crippen MR) is 51.6 cm³/mol. The molecule has 0 spiro atoms. The summed E-state index contributed by atoms with van der Waals surface area (Å²) in [5, 5.41) is 0. The third-order valence-corrected chi connectivity index (χ3v) is 1.94. The van der Waals surface area contributed by atoms with Crippen molar-refractivity contribution in [3.8, 4) is 0 Å². The van der Waals surface area contributed by atoms with Crippen molar-refractivity contribution in [2.45, 2.75) is 13.3 Å². The Hall–Kier alpha value is -1.84. The van der Waals surface area contributed by atoms with Crippen molar-refractivity contribution in [1.29, 1.82) is 0 Å². The highest BCUT2D eigenvalue weighted by atomic mass is 16.3. The van der Waals surface area contributed by atoms with Crippen molar-refractivity contribution >= 4 is 17.0 Å². The molecule has 0 unspecified atom stereocenters. The number of carbonyl (C=O) groups is 1. The fraction of sp³-hybridized carbons (Fsp3) is 0.200. The van der Waals surface area contributed by atoms with Gasteiger partial charge in [-0.2, -0.15) is 0 Å². The molecule has 1 aromatic carbocycles. The number of oxazole rings is 1. The van der Waals surface area contributed by atoms with Gasteiger partial charge in [0.05, 0.1) is 6.42 Å². The second-order valence-electron chi connectivity index (χ2n) is 3.18. The third kappa shape index (κ3) is 1.59. The van der Waals surface area contributed by atoms with Crippen LogP contribution in [-0.4, -0.2) is 10.9 Å². The Morgan fingerprint density at radius 3 is 3.07 bits per heavy atom. The second-order valence-corrected chi connectivity index (χ2v) is 3.18. The summed E-state index contributed by atoms with van der Waals surface area (Å²) in [4.78, 5) is 14.8. The topological polar surface area (TPSA) is 69.1 Å². The molecule has 0 aliphatic heterocycles. The molecule has 0 aliphatic rings. The van der Waals surface area contributed by atoms with Crippen LogP contribution < -0.4 is 5.73 Å². The van der Waals surface area contributed by atoms with E-state index in [-0.39, 0.29) is 12.3 Å². The van der Waals surface area contributed by atoms with E-state index in [9.17, 15) is 4.79 Å². The lowest BCUT2D eigenvalue weighted by atomic mass is 10.1. The van der Waals surface area contributed by atoms with Gasteiger partial charge in [-0.25, -0.2) is 4.98 Å². The van der Waals surface area contributed by atoms with E-state index in [1.807, 2.05) is 12.1 Å². The van der Waals surface area contributed by atoms with Crippen LogP contribution in [0.2, 0.25) is 0 Å². The van der Waals surface area contributed by atoms with Gasteiger partial charge in [-0.05, 0) is 17.7 Å². The summed E-state index contributed by atoms with van der Waals surface area (Å²) in [6.45, 7) is 1.79. The summed E-state index contributed by atoms with van der Waals surface area (Å²) in [5.41, 5.74) is 7.43. The van der Waals surface area contributed by atoms with Gasteiger partial charge in [-0.15, -0.1) is 0 Å². The summed E-state index contributed by atoms with van der Waals surface area (Å²) in [6.07, 6.45) is 0.232. The Labute approximate surface area is 80.7 Å². The molecule has 0 saturated carbocycles. The van der Waals surface area contributed by atoms with E-state index in [0.29, 0.717) is 11.5 Å². The average molecular weight is 190 g/mol. The number of benzene rings is 1. The molecular formula is C10H10N2O2. The summed E-state index contributed by atoms with van der Waals surface area (Å²) < 4.78 is 5.33. The van der Waals surface area contributed by atoms with Gasteiger partial charge in [0, 0.05) is 6.92 Å². The number of carbonyl (C=O) groups excluding carboxylic acids is 1. The standard InChI is InChI=1S/C10H10N2O2/c1-6-12-8-3-2-7(5-10(11)13)4-9(8)14-6/h2-4H,5H2,1H3,(H2,11,13). The predicted octanol–water partition coefficient (Wildman–Crippen LogP) is 1.16. The minimum atomic E-state index is -0.347. The van der Waals surface area contributed by atoms with Crippen LogP contribution in [0.25, 0.3) is 11.1 Å². The summed E-state index contributed by atoms with van der Waals surface area (Å²) in [6, 6.07) is 5.44. The number of fused-ring (bicyclic) bond motifs is 1. The maximum atomic E-state index is 10.7. The largest absolute Gasteiger partial charge is 0.441 e. The lowest BCUT2D eigenvalue weighted by molar-refractivity contribution is -0.117. The molecule has 2 aromatic rings. The first-order valence-electron chi connectivity index (χ1n) is 4.29. The molecule has 72 valence electrons. The number of aromatic nitrogens is 1. The van der Waals surface area contributed by atoms with Gasteiger partial charge in [0.15, 0.2) is 11.5 Å². The molecule has 0 radical (unpaired) electrons. The van der Waals surface area contributed by atoms with E-state index in [1.165, 1.54) is 0 Å². The molecule has 2 N–H and O–H groups in total. The normalized spacial score (nSPS) is 10.6. The van der Waals surface area contributed by atoms with Gasteiger partial charge in [0.1, 0.15) is 5.52 Å². The van der Waals surface area contributed by atoms with Crippen molar-refractivity contribution in [2.24, 2.45) is 5.73 Å². The summed E-state index contributed by atoms with van der Waals surface area (Å²) in [7, 11) is 0. The number of amides is 1. The highest BCUT2D eigenvalue weighted by Gasteiger charge is 2.04. The lowest BCUT2D eigenvalue weighted by Gasteiger charge is -1.95. The molecule has 2 rings (SSSR count). The molecule has 4 heteroatoms. The molecular weight excluding hydrogens is 180 g/mol. The Balaban J connectivity index is 2.45. The van der Waals surface area contributed by atoms with Crippen LogP contribution in [0.1, 0.15) is 11.5 Å². The minimum absolute atomic E-state index is 0.232. The zero-order chi connectivity index (χ0) is 10.1. The van der Waals surface area contributed by atoms with Crippen LogP contribution in [0.3, 0.4) is 0 Å². The van der Waals surface area contributed by atoms with E-state index in [4.69, 9.17) is 10.2 Å². The number of nitrogens with two attached hydrogens (primary N) is 1. The van der Waals surface area contributed by atoms with Crippen LogP contribution in [0, 0.1) is 6.92 Å². The van der Waals surface area contributed by atoms with Crippen LogP contribution in [-0.2, 0) is 11.2 Å².